The second-order valence-corrected chi connectivity index (χ2v) is 3.75. The van der Waals surface area contributed by atoms with Gasteiger partial charge in [-0.2, -0.15) is 5.21 Å². The molecule has 1 aliphatic rings. The Labute approximate surface area is 80.7 Å². The molecule has 2 N–H and O–H groups in total. The molecule has 0 aliphatic heterocycles. The van der Waals surface area contributed by atoms with Crippen LogP contribution in [0, 0.1) is 11.8 Å². The van der Waals surface area contributed by atoms with Crippen LogP contribution in [0.5, 0.6) is 0 Å². The van der Waals surface area contributed by atoms with Crippen LogP contribution in [-0.4, -0.2) is 31.7 Å². The minimum Gasteiger partial charge on any atom is -0.481 e. The van der Waals surface area contributed by atoms with Crippen LogP contribution >= 0.6 is 0 Å². The van der Waals surface area contributed by atoms with Gasteiger partial charge in [-0.25, -0.2) is 0 Å². The predicted octanol–water partition coefficient (Wildman–Crippen LogP) is 0.243. The molecule has 0 unspecified atom stereocenters. The van der Waals surface area contributed by atoms with Crippen LogP contribution < -0.4 is 0 Å². The molecule has 1 aromatic heterocycles. The minimum absolute atomic E-state index is 0.361. The third-order valence-electron chi connectivity index (χ3n) is 2.48. The smallest absolute Gasteiger partial charge is 0.306 e. The van der Waals surface area contributed by atoms with Gasteiger partial charge in [-0.15, -0.1) is 10.2 Å². The van der Waals surface area contributed by atoms with Crippen LogP contribution in [-0.2, 0) is 11.2 Å². The number of tetrazole rings is 1. The van der Waals surface area contributed by atoms with Crippen molar-refractivity contribution >= 4 is 5.97 Å². The fourth-order valence-corrected chi connectivity index (χ4v) is 1.52. The van der Waals surface area contributed by atoms with Gasteiger partial charge in [0.05, 0.1) is 5.92 Å². The summed E-state index contributed by atoms with van der Waals surface area (Å²) in [5.74, 6) is -0.0390. The summed E-state index contributed by atoms with van der Waals surface area (Å²) in [5, 5.41) is 22.2. The molecule has 1 saturated carbocycles. The van der Waals surface area contributed by atoms with Gasteiger partial charge in [0.15, 0.2) is 5.82 Å². The molecular weight excluding hydrogens is 184 g/mol. The number of rotatable bonds is 5. The SMILES string of the molecule is O=C(O)[C@H](Cc1nn[nH]n1)CC1CC1. The molecule has 0 saturated heterocycles. The number of nitrogens with zero attached hydrogens (tertiary/aromatic N) is 3. The molecule has 1 fully saturated rings. The Kier molecular flexibility index (Phi) is 2.43. The first-order valence-corrected chi connectivity index (χ1v) is 4.71. The van der Waals surface area contributed by atoms with Gasteiger partial charge in [-0.1, -0.05) is 18.1 Å². The highest BCUT2D eigenvalue weighted by Gasteiger charge is 2.30. The average Bonchev–Trinajstić information content (AvgIpc) is 2.80. The average molecular weight is 196 g/mol. The van der Waals surface area contributed by atoms with Gasteiger partial charge in [0.2, 0.25) is 0 Å². The lowest BCUT2D eigenvalue weighted by Gasteiger charge is -2.08. The van der Waals surface area contributed by atoms with Gasteiger partial charge in [0.1, 0.15) is 0 Å². The molecule has 1 aromatic rings. The van der Waals surface area contributed by atoms with Crippen molar-refractivity contribution in [2.24, 2.45) is 11.8 Å². The van der Waals surface area contributed by atoms with E-state index in [0.29, 0.717) is 18.2 Å². The van der Waals surface area contributed by atoms with Crippen molar-refractivity contribution in [3.8, 4) is 0 Å². The Bertz CT molecular complexity index is 307. The van der Waals surface area contributed by atoms with Crippen LogP contribution in [0.2, 0.25) is 0 Å². The van der Waals surface area contributed by atoms with E-state index in [1.54, 1.807) is 0 Å². The van der Waals surface area contributed by atoms with E-state index in [4.69, 9.17) is 5.11 Å². The molecule has 1 atom stereocenters. The van der Waals surface area contributed by atoms with Gasteiger partial charge in [-0.3, -0.25) is 4.79 Å². The van der Waals surface area contributed by atoms with Crippen LogP contribution in [0.1, 0.15) is 25.1 Å². The lowest BCUT2D eigenvalue weighted by molar-refractivity contribution is -0.142. The molecule has 0 bridgehead atoms. The van der Waals surface area contributed by atoms with E-state index in [2.05, 4.69) is 20.6 Å². The van der Waals surface area contributed by atoms with E-state index in [1.807, 2.05) is 0 Å². The maximum Gasteiger partial charge on any atom is 0.306 e. The van der Waals surface area contributed by atoms with Crippen molar-refractivity contribution in [1.29, 1.82) is 0 Å². The van der Waals surface area contributed by atoms with Gasteiger partial charge in [0, 0.05) is 6.42 Å². The molecule has 1 aliphatic carbocycles. The summed E-state index contributed by atoms with van der Waals surface area (Å²) in [5.41, 5.74) is 0. The number of nitrogens with one attached hydrogen (secondary N) is 1. The van der Waals surface area contributed by atoms with Crippen molar-refractivity contribution < 1.29 is 9.90 Å². The van der Waals surface area contributed by atoms with Crippen molar-refractivity contribution in [2.75, 3.05) is 0 Å². The lowest BCUT2D eigenvalue weighted by atomic mass is 9.98. The molecule has 14 heavy (non-hydrogen) atoms. The summed E-state index contributed by atoms with van der Waals surface area (Å²) in [4.78, 5) is 10.9. The van der Waals surface area contributed by atoms with Gasteiger partial charge < -0.3 is 5.11 Å². The first kappa shape index (κ1) is 9.11. The molecule has 1 heterocycles. The fourth-order valence-electron chi connectivity index (χ4n) is 1.52. The fraction of sp³-hybridized carbons (Fsp3) is 0.750. The summed E-state index contributed by atoms with van der Waals surface area (Å²) in [6.45, 7) is 0. The van der Waals surface area contributed by atoms with E-state index in [0.717, 1.165) is 19.3 Å². The molecular formula is C8H12N4O2. The molecule has 76 valence electrons. The van der Waals surface area contributed by atoms with Gasteiger partial charge in [0.25, 0.3) is 0 Å². The summed E-state index contributed by atoms with van der Waals surface area (Å²) in [6.07, 6.45) is 3.44. The Hall–Kier alpha value is -1.46. The number of aromatic amines is 1. The quantitative estimate of drug-likeness (QED) is 0.704. The van der Waals surface area contributed by atoms with Gasteiger partial charge in [-0.05, 0) is 12.3 Å². The van der Waals surface area contributed by atoms with Crippen LogP contribution in [0.15, 0.2) is 0 Å². The second-order valence-electron chi connectivity index (χ2n) is 3.75. The van der Waals surface area contributed by atoms with Crippen LogP contribution in [0.4, 0.5) is 0 Å². The molecule has 6 nitrogen and oxygen atoms in total. The highest BCUT2D eigenvalue weighted by Crippen LogP contribution is 2.36. The topological polar surface area (TPSA) is 91.8 Å². The van der Waals surface area contributed by atoms with Crippen molar-refractivity contribution in [3.63, 3.8) is 0 Å². The monoisotopic (exact) mass is 196 g/mol. The maximum atomic E-state index is 10.9. The second kappa shape index (κ2) is 3.73. The first-order chi connectivity index (χ1) is 6.75. The third kappa shape index (κ3) is 2.27. The number of carboxylic acids is 1. The largest absolute Gasteiger partial charge is 0.481 e. The van der Waals surface area contributed by atoms with E-state index in [-0.39, 0.29) is 5.92 Å². The molecule has 6 heteroatoms. The normalized spacial score (nSPS) is 18.0. The number of hydrogen-bond donors (Lipinski definition) is 2. The van der Waals surface area contributed by atoms with Crippen molar-refractivity contribution in [3.05, 3.63) is 5.82 Å². The first-order valence-electron chi connectivity index (χ1n) is 4.71. The van der Waals surface area contributed by atoms with Gasteiger partial charge >= 0.3 is 5.97 Å². The summed E-state index contributed by atoms with van der Waals surface area (Å²) >= 11 is 0. The Morgan fingerprint density at radius 3 is 2.93 bits per heavy atom. The van der Waals surface area contributed by atoms with E-state index in [9.17, 15) is 4.79 Å². The minimum atomic E-state index is -0.762. The number of aromatic nitrogens is 4. The zero-order chi connectivity index (χ0) is 9.97. The van der Waals surface area contributed by atoms with Crippen molar-refractivity contribution in [2.45, 2.75) is 25.7 Å². The zero-order valence-electron chi connectivity index (χ0n) is 7.68. The number of aliphatic carboxylic acids is 1. The summed E-state index contributed by atoms with van der Waals surface area (Å²) in [6, 6.07) is 0. The van der Waals surface area contributed by atoms with Crippen LogP contribution in [0.3, 0.4) is 0 Å². The molecule has 0 radical (unpaired) electrons. The maximum absolute atomic E-state index is 10.9. The number of H-pyrrole nitrogens is 1. The summed E-state index contributed by atoms with van der Waals surface area (Å²) < 4.78 is 0. The van der Waals surface area contributed by atoms with Crippen LogP contribution in [0.25, 0.3) is 0 Å². The van der Waals surface area contributed by atoms with Crippen molar-refractivity contribution in [1.82, 2.24) is 20.6 Å². The Morgan fingerprint density at radius 2 is 2.43 bits per heavy atom. The standard InChI is InChI=1S/C8H12N4O2/c13-8(14)6(3-5-1-2-5)4-7-9-11-12-10-7/h5-6H,1-4H2,(H,13,14)(H,9,10,11,12)/t6-/m0/s1. The number of hydrogen-bond acceptors (Lipinski definition) is 4. The highest BCUT2D eigenvalue weighted by atomic mass is 16.4. The molecule has 0 amide bonds. The zero-order valence-corrected chi connectivity index (χ0v) is 7.68. The van der Waals surface area contributed by atoms with E-state index in [1.165, 1.54) is 0 Å². The molecule has 0 aromatic carbocycles. The summed E-state index contributed by atoms with van der Waals surface area (Å²) in [7, 11) is 0. The molecule has 0 spiro atoms. The predicted molar refractivity (Wildman–Crippen MR) is 46.3 cm³/mol. The lowest BCUT2D eigenvalue weighted by Crippen LogP contribution is -2.17. The Morgan fingerprint density at radius 1 is 1.64 bits per heavy atom. The van der Waals surface area contributed by atoms with E-state index >= 15 is 0 Å². The highest BCUT2D eigenvalue weighted by molar-refractivity contribution is 5.70. The number of carboxylic acid groups (broad SMARTS) is 1. The van der Waals surface area contributed by atoms with E-state index < -0.39 is 5.97 Å². The number of carbonyl (C=O) groups is 1. The molecule has 2 rings (SSSR count). The third-order valence-corrected chi connectivity index (χ3v) is 2.48. The Balaban J connectivity index is 1.92.